The maximum Gasteiger partial charge on any atom is 0.357 e. The lowest BCUT2D eigenvalue weighted by Crippen LogP contribution is -1.96. The number of aromatic amines is 1. The summed E-state index contributed by atoms with van der Waals surface area (Å²) in [6, 6.07) is 9.40. The molecule has 0 bridgehead atoms. The van der Waals surface area contributed by atoms with Crippen molar-refractivity contribution in [3.05, 3.63) is 57.6 Å². The van der Waals surface area contributed by atoms with Gasteiger partial charge in [0.25, 0.3) is 0 Å². The number of nitrogens with two attached hydrogens (primary N) is 1. The number of H-pyrrole nitrogens is 1. The molecule has 0 fully saturated rings. The maximum atomic E-state index is 10.8. The minimum absolute atomic E-state index is 0.344. The van der Waals surface area contributed by atoms with Gasteiger partial charge in [-0.1, -0.05) is 24.3 Å². The van der Waals surface area contributed by atoms with E-state index in [1.54, 1.807) is 0 Å². The number of nitrogens with one attached hydrogen (secondary N) is 1. The van der Waals surface area contributed by atoms with Gasteiger partial charge in [0.05, 0.1) is 5.69 Å². The van der Waals surface area contributed by atoms with Crippen molar-refractivity contribution in [3.8, 4) is 0 Å². The fourth-order valence-electron chi connectivity index (χ4n) is 1.42. The molecule has 0 aliphatic heterocycles. The molecule has 78 valence electrons. The van der Waals surface area contributed by atoms with E-state index >= 15 is 0 Å². The number of hydrogen-bond acceptors (Lipinski definition) is 3. The summed E-state index contributed by atoms with van der Waals surface area (Å²) in [6.45, 7) is 0.544. The second-order valence-electron chi connectivity index (χ2n) is 3.39. The predicted octanol–water partition coefficient (Wildman–Crippen LogP) is 1.02. The van der Waals surface area contributed by atoms with Crippen LogP contribution in [0.5, 0.6) is 0 Å². The molecule has 1 aromatic heterocycles. The third-order valence-electron chi connectivity index (χ3n) is 2.23. The number of aromatic nitrogens is 1. The first-order valence-electron chi connectivity index (χ1n) is 4.73. The second kappa shape index (κ2) is 4.14. The lowest BCUT2D eigenvalue weighted by atomic mass is 10.1. The Morgan fingerprint density at radius 1 is 1.20 bits per heavy atom. The standard InChI is InChI=1S/C11H12N2O2/c12-7-9-3-1-8(2-4-9)5-10-6-11(14)15-13-10/h1-4,6,13H,5,7,12H2. The van der Waals surface area contributed by atoms with Crippen molar-refractivity contribution in [1.29, 1.82) is 0 Å². The minimum Gasteiger partial charge on any atom is -0.339 e. The molecule has 4 nitrogen and oxygen atoms in total. The molecule has 15 heavy (non-hydrogen) atoms. The average molecular weight is 204 g/mol. The molecule has 2 aromatic rings. The minimum atomic E-state index is -0.344. The Hall–Kier alpha value is -1.81. The Kier molecular flexibility index (Phi) is 2.69. The van der Waals surface area contributed by atoms with Crippen LogP contribution in [0.1, 0.15) is 16.8 Å². The molecule has 0 saturated heterocycles. The summed E-state index contributed by atoms with van der Waals surface area (Å²) in [5.74, 6) is 0. The molecule has 0 aliphatic carbocycles. The Labute approximate surface area is 86.7 Å². The SMILES string of the molecule is NCc1ccc(Cc2cc(=O)o[nH]2)cc1. The highest BCUT2D eigenvalue weighted by atomic mass is 16.5. The van der Waals surface area contributed by atoms with Gasteiger partial charge in [0.1, 0.15) is 0 Å². The van der Waals surface area contributed by atoms with Crippen LogP contribution in [0.4, 0.5) is 0 Å². The first-order chi connectivity index (χ1) is 7.28. The third kappa shape index (κ3) is 2.35. The van der Waals surface area contributed by atoms with Crippen molar-refractivity contribution in [3.63, 3.8) is 0 Å². The Balaban J connectivity index is 2.14. The van der Waals surface area contributed by atoms with Crippen molar-refractivity contribution >= 4 is 0 Å². The van der Waals surface area contributed by atoms with Gasteiger partial charge >= 0.3 is 5.63 Å². The van der Waals surface area contributed by atoms with Crippen LogP contribution in [0.15, 0.2) is 39.6 Å². The fourth-order valence-corrected chi connectivity index (χ4v) is 1.42. The molecule has 0 spiro atoms. The third-order valence-corrected chi connectivity index (χ3v) is 2.23. The van der Waals surface area contributed by atoms with Crippen LogP contribution in [-0.2, 0) is 13.0 Å². The van der Waals surface area contributed by atoms with Crippen molar-refractivity contribution in [2.45, 2.75) is 13.0 Å². The zero-order valence-electron chi connectivity index (χ0n) is 8.19. The van der Waals surface area contributed by atoms with Crippen LogP contribution >= 0.6 is 0 Å². The van der Waals surface area contributed by atoms with Crippen molar-refractivity contribution in [2.24, 2.45) is 5.73 Å². The van der Waals surface area contributed by atoms with Gasteiger partial charge in [-0.15, -0.1) is 0 Å². The quantitative estimate of drug-likeness (QED) is 0.784. The highest BCUT2D eigenvalue weighted by Crippen LogP contribution is 2.07. The maximum absolute atomic E-state index is 10.8. The van der Waals surface area contributed by atoms with Crippen LogP contribution in [0.3, 0.4) is 0 Å². The zero-order chi connectivity index (χ0) is 10.7. The molecule has 4 heteroatoms. The van der Waals surface area contributed by atoms with Gasteiger partial charge in [-0.2, -0.15) is 0 Å². The van der Waals surface area contributed by atoms with Crippen LogP contribution in [0.2, 0.25) is 0 Å². The van der Waals surface area contributed by atoms with Gasteiger partial charge < -0.3 is 10.3 Å². The highest BCUT2D eigenvalue weighted by Gasteiger charge is 2.00. The average Bonchev–Trinajstić information content (AvgIpc) is 2.65. The highest BCUT2D eigenvalue weighted by molar-refractivity contribution is 5.25. The molecule has 1 heterocycles. The normalized spacial score (nSPS) is 10.5. The molecular weight excluding hydrogens is 192 g/mol. The molecule has 1 aromatic carbocycles. The van der Waals surface area contributed by atoms with Gasteiger partial charge in [-0.05, 0) is 11.1 Å². The molecule has 0 radical (unpaired) electrons. The molecule has 3 N–H and O–H groups in total. The molecule has 0 atom stereocenters. The summed E-state index contributed by atoms with van der Waals surface area (Å²) >= 11 is 0. The van der Waals surface area contributed by atoms with Gasteiger partial charge in [0, 0.05) is 19.0 Å². The molecule has 0 saturated carbocycles. The molecule has 0 aliphatic rings. The summed E-state index contributed by atoms with van der Waals surface area (Å²) in [5, 5.41) is 2.57. The van der Waals surface area contributed by atoms with Crippen LogP contribution in [0, 0.1) is 0 Å². The van der Waals surface area contributed by atoms with E-state index in [4.69, 9.17) is 5.73 Å². The van der Waals surface area contributed by atoms with E-state index in [0.29, 0.717) is 13.0 Å². The first kappa shape index (κ1) is 9.73. The topological polar surface area (TPSA) is 72.0 Å². The smallest absolute Gasteiger partial charge is 0.339 e. The van der Waals surface area contributed by atoms with E-state index in [2.05, 4.69) is 9.68 Å². The van der Waals surface area contributed by atoms with E-state index < -0.39 is 0 Å². The molecular formula is C11H12N2O2. The molecule has 0 unspecified atom stereocenters. The summed E-state index contributed by atoms with van der Waals surface area (Å²) in [6.07, 6.45) is 0.663. The summed E-state index contributed by atoms with van der Waals surface area (Å²) in [7, 11) is 0. The van der Waals surface area contributed by atoms with Crippen LogP contribution < -0.4 is 11.4 Å². The van der Waals surface area contributed by atoms with Gasteiger partial charge in [0.15, 0.2) is 0 Å². The fraction of sp³-hybridized carbons (Fsp3) is 0.182. The summed E-state index contributed by atoms with van der Waals surface area (Å²) in [5.41, 5.74) is 8.14. The lowest BCUT2D eigenvalue weighted by molar-refractivity contribution is 0.386. The molecule has 2 rings (SSSR count). The molecule has 0 amide bonds. The second-order valence-corrected chi connectivity index (χ2v) is 3.39. The first-order valence-corrected chi connectivity index (χ1v) is 4.73. The van der Waals surface area contributed by atoms with E-state index in [1.807, 2.05) is 24.3 Å². The number of rotatable bonds is 3. The van der Waals surface area contributed by atoms with E-state index in [-0.39, 0.29) is 5.63 Å². The van der Waals surface area contributed by atoms with Crippen molar-refractivity contribution < 1.29 is 4.52 Å². The van der Waals surface area contributed by atoms with Crippen LogP contribution in [0.25, 0.3) is 0 Å². The van der Waals surface area contributed by atoms with Crippen molar-refractivity contribution in [1.82, 2.24) is 5.16 Å². The van der Waals surface area contributed by atoms with E-state index in [0.717, 1.165) is 16.8 Å². The van der Waals surface area contributed by atoms with E-state index in [9.17, 15) is 4.79 Å². The largest absolute Gasteiger partial charge is 0.357 e. The lowest BCUT2D eigenvalue weighted by Gasteiger charge is -2.00. The Bertz CT molecular complexity index is 482. The van der Waals surface area contributed by atoms with Crippen LogP contribution in [-0.4, -0.2) is 5.16 Å². The summed E-state index contributed by atoms with van der Waals surface area (Å²) in [4.78, 5) is 10.8. The van der Waals surface area contributed by atoms with Gasteiger partial charge in [-0.3, -0.25) is 0 Å². The predicted molar refractivity (Wildman–Crippen MR) is 56.5 cm³/mol. The zero-order valence-corrected chi connectivity index (χ0v) is 8.19. The Morgan fingerprint density at radius 2 is 1.87 bits per heavy atom. The van der Waals surface area contributed by atoms with Gasteiger partial charge in [-0.25, -0.2) is 9.95 Å². The van der Waals surface area contributed by atoms with Gasteiger partial charge in [0.2, 0.25) is 0 Å². The number of hydrogen-bond donors (Lipinski definition) is 2. The number of benzene rings is 1. The Morgan fingerprint density at radius 3 is 2.40 bits per heavy atom. The summed E-state index contributed by atoms with van der Waals surface area (Å²) < 4.78 is 4.58. The van der Waals surface area contributed by atoms with E-state index in [1.165, 1.54) is 6.07 Å². The monoisotopic (exact) mass is 204 g/mol. The van der Waals surface area contributed by atoms with Crippen molar-refractivity contribution in [2.75, 3.05) is 0 Å².